The molecule has 0 aromatic rings. The third-order valence-electron chi connectivity index (χ3n) is 12.5. The van der Waals surface area contributed by atoms with Crippen LogP contribution in [0.5, 0.6) is 0 Å². The predicted molar refractivity (Wildman–Crippen MR) is 200 cm³/mol. The van der Waals surface area contributed by atoms with Gasteiger partial charge in [-0.3, -0.25) is 4.79 Å². The Balaban J connectivity index is 2.12. The Hall–Kier alpha value is -1.26. The van der Waals surface area contributed by atoms with Gasteiger partial charge in [-0.25, -0.2) is 0 Å². The lowest BCUT2D eigenvalue weighted by Crippen LogP contribution is -2.57. The molecule has 2 unspecified atom stereocenters. The summed E-state index contributed by atoms with van der Waals surface area (Å²) in [6, 6.07) is 0.0933. The Morgan fingerprint density at radius 1 is 1.09 bits per heavy atom. The molecule has 4 atom stereocenters. The van der Waals surface area contributed by atoms with E-state index in [2.05, 4.69) is 106 Å². The molecule has 0 aliphatic heterocycles. The third-order valence-corrected chi connectivity index (χ3v) is 21.4. The normalized spacial score (nSPS) is 29.8. The topological polar surface area (TPSA) is 48.0 Å². The van der Waals surface area contributed by atoms with E-state index in [-0.39, 0.29) is 40.2 Å². The number of rotatable bonds is 10. The lowest BCUT2D eigenvalue weighted by Gasteiger charge is -2.51. The maximum Gasteiger partial charge on any atom is 0.248 e. The highest BCUT2D eigenvalue weighted by Crippen LogP contribution is 2.56. The van der Waals surface area contributed by atoms with Crippen LogP contribution < -0.4 is 0 Å². The number of allylic oxidation sites excluding steroid dienone is 5. The third kappa shape index (κ3) is 8.30. The molecule has 0 heterocycles. The molecule has 0 aromatic carbocycles. The fraction of sp³-hybridized carbons (Fsp3) is 0.769. The number of carbonyl (C=O) groups is 1. The minimum atomic E-state index is -2.33. The minimum Gasteiger partial charge on any atom is -0.410 e. The van der Waals surface area contributed by atoms with Crippen LogP contribution in [0.25, 0.3) is 0 Å². The second kappa shape index (κ2) is 13.9. The maximum atomic E-state index is 13.3. The highest BCUT2D eigenvalue weighted by molar-refractivity contribution is 6.74. The molecular weight excluding hydrogens is 603 g/mol. The number of hydrogen-bond donors (Lipinski definition) is 0. The van der Waals surface area contributed by atoms with Crippen molar-refractivity contribution in [1.82, 2.24) is 4.90 Å². The number of nitrogens with zero attached hydrogens (tertiary/aromatic N) is 1. The van der Waals surface area contributed by atoms with Crippen LogP contribution in [0.15, 0.2) is 47.1 Å². The molecule has 262 valence electrons. The number of carbonyl (C=O) groups excluding carboxylic acids is 1. The summed E-state index contributed by atoms with van der Waals surface area (Å²) in [6.45, 7) is 36.3. The Bertz CT molecular complexity index is 1230. The van der Waals surface area contributed by atoms with E-state index in [1.54, 1.807) is 16.0 Å². The van der Waals surface area contributed by atoms with Gasteiger partial charge in [0.2, 0.25) is 5.91 Å². The molecular formula is C39H69NO4Si2. The summed E-state index contributed by atoms with van der Waals surface area (Å²) in [5.41, 5.74) is 5.61. The second-order valence-corrected chi connectivity index (χ2v) is 27.5. The van der Waals surface area contributed by atoms with Crippen molar-refractivity contribution in [2.24, 2.45) is 11.3 Å². The summed E-state index contributed by atoms with van der Waals surface area (Å²) < 4.78 is 21.3. The van der Waals surface area contributed by atoms with E-state index in [9.17, 15) is 4.79 Å². The molecule has 0 saturated heterocycles. The van der Waals surface area contributed by atoms with E-state index in [0.717, 1.165) is 30.4 Å². The molecule has 2 fully saturated rings. The van der Waals surface area contributed by atoms with Crippen molar-refractivity contribution in [3.05, 3.63) is 47.1 Å². The van der Waals surface area contributed by atoms with Crippen molar-refractivity contribution >= 4 is 22.5 Å². The summed E-state index contributed by atoms with van der Waals surface area (Å²) in [6.07, 6.45) is 14.0. The van der Waals surface area contributed by atoms with Gasteiger partial charge in [-0.15, -0.1) is 0 Å². The van der Waals surface area contributed by atoms with Crippen LogP contribution in [-0.4, -0.2) is 59.0 Å². The van der Waals surface area contributed by atoms with Gasteiger partial charge in [0.15, 0.2) is 22.4 Å². The molecule has 46 heavy (non-hydrogen) atoms. The van der Waals surface area contributed by atoms with Crippen LogP contribution in [0.4, 0.5) is 0 Å². The van der Waals surface area contributed by atoms with E-state index < -0.39 is 22.4 Å². The fourth-order valence-electron chi connectivity index (χ4n) is 6.98. The molecule has 2 saturated carbocycles. The van der Waals surface area contributed by atoms with Crippen LogP contribution in [0, 0.1) is 11.3 Å². The first kappa shape index (κ1) is 39.2. The number of hydrogen-bond acceptors (Lipinski definition) is 4. The average Bonchev–Trinajstić information content (AvgIpc) is 3.27. The van der Waals surface area contributed by atoms with E-state index >= 15 is 0 Å². The minimum absolute atomic E-state index is 0.0249. The monoisotopic (exact) mass is 671 g/mol. The molecule has 0 radical (unpaired) electrons. The van der Waals surface area contributed by atoms with Gasteiger partial charge >= 0.3 is 0 Å². The molecule has 0 bridgehead atoms. The van der Waals surface area contributed by atoms with Crippen molar-refractivity contribution in [2.45, 2.75) is 168 Å². The van der Waals surface area contributed by atoms with E-state index in [1.807, 2.05) is 20.9 Å². The highest BCUT2D eigenvalue weighted by atomic mass is 28.4. The molecule has 5 nitrogen and oxygen atoms in total. The van der Waals surface area contributed by atoms with Crippen LogP contribution in [0.2, 0.25) is 36.3 Å². The molecule has 1 amide bonds. The standard InChI is InChI=1S/C39H69NO4Si2/c1-17-32-22-23-33-30(19-18-24-38(32,33)11)20-21-31-25-39(44-46(15,16)37(8,9)10,42-27-35(41)40(12)28(2)3)26-34(29(31)4)43-45(13,14)36(5,6)7/h20-22,28,33-34H,4,17-19,23-27H2,1-3,5-16H3/t33?,34-,38+,39?/m0/s1. The van der Waals surface area contributed by atoms with Gasteiger partial charge in [0.1, 0.15) is 6.61 Å². The van der Waals surface area contributed by atoms with Crippen molar-refractivity contribution in [2.75, 3.05) is 13.7 Å². The van der Waals surface area contributed by atoms with Gasteiger partial charge in [0, 0.05) is 25.9 Å². The zero-order chi connectivity index (χ0) is 35.1. The van der Waals surface area contributed by atoms with Crippen molar-refractivity contribution in [3.63, 3.8) is 0 Å². The van der Waals surface area contributed by atoms with Gasteiger partial charge in [0.05, 0.1) is 6.10 Å². The molecule has 3 aliphatic rings. The number of fused-ring (bicyclic) bond motifs is 1. The molecule has 3 aliphatic carbocycles. The van der Waals surface area contributed by atoms with Crippen LogP contribution >= 0.6 is 0 Å². The van der Waals surface area contributed by atoms with E-state index in [4.69, 9.17) is 13.6 Å². The summed E-state index contributed by atoms with van der Waals surface area (Å²) in [7, 11) is -2.66. The highest BCUT2D eigenvalue weighted by Gasteiger charge is 2.52. The Morgan fingerprint density at radius 3 is 2.24 bits per heavy atom. The Labute approximate surface area is 285 Å². The number of amides is 1. The van der Waals surface area contributed by atoms with Crippen LogP contribution in [0.1, 0.15) is 114 Å². The van der Waals surface area contributed by atoms with Crippen molar-refractivity contribution in [3.8, 4) is 0 Å². The van der Waals surface area contributed by atoms with Gasteiger partial charge in [-0.1, -0.05) is 91.3 Å². The summed E-state index contributed by atoms with van der Waals surface area (Å²) in [5, 5.41) is 0.00649. The van der Waals surface area contributed by atoms with Crippen LogP contribution in [0.3, 0.4) is 0 Å². The SMILES string of the molecule is C=C1C(=CC=C2CCC[C@]3(C)C(CC)=CCC23)CC(OCC(=O)N(C)C(C)C)(O[Si](C)(C)C(C)(C)C)C[C@@H]1O[Si](C)(C)C(C)(C)C. The predicted octanol–water partition coefficient (Wildman–Crippen LogP) is 10.7. The summed E-state index contributed by atoms with van der Waals surface area (Å²) in [5.74, 6) is -0.451. The zero-order valence-electron chi connectivity index (χ0n) is 32.4. The molecule has 0 spiro atoms. The molecule has 0 aromatic heterocycles. The van der Waals surface area contributed by atoms with Gasteiger partial charge in [-0.05, 0) is 105 Å². The fourth-order valence-corrected chi connectivity index (χ4v) is 9.72. The molecule has 3 rings (SSSR count). The number of likely N-dealkylation sites (N-methyl/N-ethyl adjacent to an activating group) is 1. The first-order valence-corrected chi connectivity index (χ1v) is 23.8. The van der Waals surface area contributed by atoms with Crippen LogP contribution in [-0.2, 0) is 18.4 Å². The average molecular weight is 672 g/mol. The molecule has 7 heteroatoms. The lowest BCUT2D eigenvalue weighted by atomic mass is 9.64. The van der Waals surface area contributed by atoms with E-state index in [0.29, 0.717) is 18.8 Å². The Morgan fingerprint density at radius 2 is 1.70 bits per heavy atom. The molecule has 0 N–H and O–H groups in total. The zero-order valence-corrected chi connectivity index (χ0v) is 34.4. The first-order valence-electron chi connectivity index (χ1n) is 18.0. The Kier molecular flexibility index (Phi) is 11.9. The van der Waals surface area contributed by atoms with Gasteiger partial charge < -0.3 is 18.5 Å². The first-order chi connectivity index (χ1) is 20.9. The summed E-state index contributed by atoms with van der Waals surface area (Å²) >= 11 is 0. The smallest absolute Gasteiger partial charge is 0.248 e. The van der Waals surface area contributed by atoms with Crippen molar-refractivity contribution < 1.29 is 18.4 Å². The largest absolute Gasteiger partial charge is 0.410 e. The summed E-state index contributed by atoms with van der Waals surface area (Å²) in [4.78, 5) is 15.1. The van der Waals surface area contributed by atoms with E-state index in [1.165, 1.54) is 12.8 Å². The second-order valence-electron chi connectivity index (χ2n) is 18.0. The maximum absolute atomic E-state index is 13.3. The van der Waals surface area contributed by atoms with Gasteiger partial charge in [0.25, 0.3) is 0 Å². The number of ether oxygens (including phenoxy) is 1. The lowest BCUT2D eigenvalue weighted by molar-refractivity contribution is -0.211. The van der Waals surface area contributed by atoms with Crippen molar-refractivity contribution in [1.29, 1.82) is 0 Å². The quantitative estimate of drug-likeness (QED) is 0.132. The van der Waals surface area contributed by atoms with Gasteiger partial charge in [-0.2, -0.15) is 0 Å².